The smallest absolute Gasteiger partial charge is 0.143 e. The SMILES string of the molecule is c1ccc(C2(c3cccc(N(c4ccc(-c5cc6ccccc6c6ccccc56)cc4)c4ccc(-c5cccc6c5oc5ccccc56)cc4)c3)c3ccccc3-c3ccccc32)cc1. The van der Waals surface area contributed by atoms with Gasteiger partial charge < -0.3 is 9.32 Å². The van der Waals surface area contributed by atoms with Gasteiger partial charge in [0.15, 0.2) is 0 Å². The van der Waals surface area contributed by atoms with Crippen LogP contribution in [-0.4, -0.2) is 0 Å². The largest absolute Gasteiger partial charge is 0.455 e. The maximum Gasteiger partial charge on any atom is 0.143 e. The normalized spacial score (nSPS) is 12.7. The quantitative estimate of drug-likeness (QED) is 0.149. The molecule has 13 rings (SSSR count). The number of fused-ring (bicyclic) bond motifs is 9. The van der Waals surface area contributed by atoms with Gasteiger partial charge in [-0.3, -0.25) is 0 Å². The van der Waals surface area contributed by atoms with E-state index in [1.54, 1.807) is 0 Å². The molecule has 12 aromatic rings. The summed E-state index contributed by atoms with van der Waals surface area (Å²) in [7, 11) is 0. The van der Waals surface area contributed by atoms with Gasteiger partial charge in [-0.15, -0.1) is 0 Å². The van der Waals surface area contributed by atoms with E-state index < -0.39 is 5.41 Å². The zero-order valence-corrected chi connectivity index (χ0v) is 35.5. The molecule has 0 saturated heterocycles. The van der Waals surface area contributed by atoms with Crippen molar-refractivity contribution in [1.29, 1.82) is 0 Å². The molecule has 0 radical (unpaired) electrons. The Morgan fingerprint density at radius 3 is 1.55 bits per heavy atom. The van der Waals surface area contributed by atoms with Crippen molar-refractivity contribution in [2.24, 2.45) is 0 Å². The van der Waals surface area contributed by atoms with Crippen molar-refractivity contribution in [3.63, 3.8) is 0 Å². The summed E-state index contributed by atoms with van der Waals surface area (Å²) in [6.07, 6.45) is 0. The van der Waals surface area contributed by atoms with E-state index in [1.807, 2.05) is 12.1 Å². The third-order valence-electron chi connectivity index (χ3n) is 13.7. The fourth-order valence-electron chi connectivity index (χ4n) is 10.9. The van der Waals surface area contributed by atoms with Crippen molar-refractivity contribution in [2.75, 3.05) is 4.90 Å². The lowest BCUT2D eigenvalue weighted by Gasteiger charge is -2.35. The van der Waals surface area contributed by atoms with Crippen LogP contribution >= 0.6 is 0 Å². The van der Waals surface area contributed by atoms with Crippen LogP contribution in [0.25, 0.3) is 76.9 Å². The van der Waals surface area contributed by atoms with Gasteiger partial charge in [-0.05, 0) is 120 Å². The summed E-state index contributed by atoms with van der Waals surface area (Å²) in [5.41, 5.74) is 16.7. The zero-order valence-electron chi connectivity index (χ0n) is 35.5. The Balaban J connectivity index is 0.991. The molecule has 1 aliphatic carbocycles. The van der Waals surface area contributed by atoms with E-state index >= 15 is 0 Å². The minimum Gasteiger partial charge on any atom is -0.455 e. The third-order valence-corrected chi connectivity index (χ3v) is 13.7. The van der Waals surface area contributed by atoms with Crippen LogP contribution in [0.1, 0.15) is 22.3 Å². The monoisotopic (exact) mass is 827 g/mol. The van der Waals surface area contributed by atoms with Gasteiger partial charge >= 0.3 is 0 Å². The van der Waals surface area contributed by atoms with Crippen LogP contribution in [0.5, 0.6) is 0 Å². The Hall–Kier alpha value is -8.46. The Kier molecular flexibility index (Phi) is 8.47. The van der Waals surface area contributed by atoms with E-state index in [9.17, 15) is 0 Å². The summed E-state index contributed by atoms with van der Waals surface area (Å²) in [6.45, 7) is 0. The van der Waals surface area contributed by atoms with Crippen molar-refractivity contribution < 1.29 is 4.42 Å². The highest BCUT2D eigenvalue weighted by molar-refractivity contribution is 6.14. The molecule has 65 heavy (non-hydrogen) atoms. The molecule has 0 spiro atoms. The molecule has 1 heterocycles. The maximum absolute atomic E-state index is 6.50. The predicted molar refractivity (Wildman–Crippen MR) is 272 cm³/mol. The van der Waals surface area contributed by atoms with E-state index in [4.69, 9.17) is 4.42 Å². The molecule has 0 fully saturated rings. The first kappa shape index (κ1) is 37.1. The Morgan fingerprint density at radius 1 is 0.308 bits per heavy atom. The summed E-state index contributed by atoms with van der Waals surface area (Å²) in [5.74, 6) is 0. The molecule has 0 amide bonds. The van der Waals surface area contributed by atoms with Crippen LogP contribution < -0.4 is 4.90 Å². The highest BCUT2D eigenvalue weighted by Crippen LogP contribution is 2.56. The van der Waals surface area contributed by atoms with Crippen LogP contribution in [0, 0.1) is 0 Å². The molecule has 11 aromatic carbocycles. The topological polar surface area (TPSA) is 16.4 Å². The number of rotatable bonds is 7. The van der Waals surface area contributed by atoms with Gasteiger partial charge in [0.05, 0.1) is 5.41 Å². The van der Waals surface area contributed by atoms with E-state index in [0.29, 0.717) is 0 Å². The number of benzene rings is 11. The van der Waals surface area contributed by atoms with Crippen molar-refractivity contribution in [3.05, 3.63) is 271 Å². The second kappa shape index (κ2) is 14.8. The first-order valence-corrected chi connectivity index (χ1v) is 22.4. The standard InChI is InChI=1S/C63H41NO/c1-2-17-45(18-3-1)63(59-29-11-8-24-54(59)55-25-9-12-30-60(55)63)46-19-14-20-49(41-46)64(47-36-32-42(33-37-47)51-27-15-28-57-56-26-10-13-31-61(56)65-62(51)57)48-38-34-43(35-39-48)58-40-44-16-4-5-21-50(44)52-22-6-7-23-53(52)58/h1-41H. The number of anilines is 3. The Bertz CT molecular complexity index is 3720. The molecular formula is C63H41NO. The second-order valence-electron chi connectivity index (χ2n) is 17.2. The average Bonchev–Trinajstić information content (AvgIpc) is 3.91. The Labute approximate surface area is 377 Å². The van der Waals surface area contributed by atoms with Crippen molar-refractivity contribution >= 4 is 60.5 Å². The highest BCUT2D eigenvalue weighted by Gasteiger charge is 2.46. The molecule has 1 aromatic heterocycles. The van der Waals surface area contributed by atoms with E-state index in [0.717, 1.165) is 50.1 Å². The van der Waals surface area contributed by atoms with Crippen molar-refractivity contribution in [2.45, 2.75) is 5.41 Å². The summed E-state index contributed by atoms with van der Waals surface area (Å²) in [6, 6.07) is 90.8. The van der Waals surface area contributed by atoms with Gasteiger partial charge in [-0.25, -0.2) is 0 Å². The minimum atomic E-state index is -0.522. The minimum absolute atomic E-state index is 0.522. The lowest BCUT2D eigenvalue weighted by Crippen LogP contribution is -2.28. The van der Waals surface area contributed by atoms with Crippen LogP contribution in [-0.2, 0) is 5.41 Å². The van der Waals surface area contributed by atoms with Crippen LogP contribution in [0.3, 0.4) is 0 Å². The first-order valence-electron chi connectivity index (χ1n) is 22.4. The second-order valence-corrected chi connectivity index (χ2v) is 17.2. The molecule has 0 aliphatic heterocycles. The van der Waals surface area contributed by atoms with Gasteiger partial charge in [-0.2, -0.15) is 0 Å². The fourth-order valence-corrected chi connectivity index (χ4v) is 10.9. The van der Waals surface area contributed by atoms with Gasteiger partial charge in [0.1, 0.15) is 11.2 Å². The molecule has 1 aliphatic rings. The molecule has 0 atom stereocenters. The van der Waals surface area contributed by atoms with Crippen molar-refractivity contribution in [3.8, 4) is 33.4 Å². The van der Waals surface area contributed by atoms with Gasteiger partial charge in [-0.1, -0.05) is 200 Å². The predicted octanol–water partition coefficient (Wildman–Crippen LogP) is 17.1. The summed E-state index contributed by atoms with van der Waals surface area (Å²) in [4.78, 5) is 2.41. The molecule has 0 N–H and O–H groups in total. The third kappa shape index (κ3) is 5.74. The molecule has 2 heteroatoms. The van der Waals surface area contributed by atoms with E-state index in [-0.39, 0.29) is 0 Å². The summed E-state index contributed by atoms with van der Waals surface area (Å²) < 4.78 is 6.50. The lowest BCUT2D eigenvalue weighted by molar-refractivity contribution is 0.670. The number of furan rings is 1. The molecular weight excluding hydrogens is 787 g/mol. The van der Waals surface area contributed by atoms with E-state index in [2.05, 4.69) is 241 Å². The molecule has 2 nitrogen and oxygen atoms in total. The van der Waals surface area contributed by atoms with Crippen LogP contribution in [0.2, 0.25) is 0 Å². The molecule has 0 saturated carbocycles. The van der Waals surface area contributed by atoms with Gasteiger partial charge in [0, 0.05) is 33.4 Å². The summed E-state index contributed by atoms with van der Waals surface area (Å²) >= 11 is 0. The summed E-state index contributed by atoms with van der Waals surface area (Å²) in [5, 5.41) is 7.29. The highest BCUT2D eigenvalue weighted by atomic mass is 16.3. The number of para-hydroxylation sites is 2. The van der Waals surface area contributed by atoms with Crippen molar-refractivity contribution in [1.82, 2.24) is 0 Å². The lowest BCUT2D eigenvalue weighted by atomic mass is 9.67. The average molecular weight is 828 g/mol. The zero-order chi connectivity index (χ0) is 42.9. The number of hydrogen-bond donors (Lipinski definition) is 0. The Morgan fingerprint density at radius 2 is 0.831 bits per heavy atom. The van der Waals surface area contributed by atoms with Crippen LogP contribution in [0.4, 0.5) is 17.1 Å². The van der Waals surface area contributed by atoms with Crippen LogP contribution in [0.15, 0.2) is 253 Å². The fraction of sp³-hybridized carbons (Fsp3) is 0.0159. The first-order chi connectivity index (χ1) is 32.2. The maximum atomic E-state index is 6.50. The molecule has 0 unspecified atom stereocenters. The van der Waals surface area contributed by atoms with Gasteiger partial charge in [0.2, 0.25) is 0 Å². The molecule has 0 bridgehead atoms. The van der Waals surface area contributed by atoms with Gasteiger partial charge in [0.25, 0.3) is 0 Å². The van der Waals surface area contributed by atoms with E-state index in [1.165, 1.54) is 66.1 Å². The number of nitrogens with zero attached hydrogens (tertiary/aromatic N) is 1. The number of hydrogen-bond acceptors (Lipinski definition) is 2. The molecule has 304 valence electrons.